The van der Waals surface area contributed by atoms with Crippen molar-refractivity contribution in [3.63, 3.8) is 0 Å². The van der Waals surface area contributed by atoms with E-state index in [0.29, 0.717) is 0 Å². The van der Waals surface area contributed by atoms with E-state index in [2.05, 4.69) is 4.74 Å². The van der Waals surface area contributed by atoms with Gasteiger partial charge in [0.25, 0.3) is 0 Å². The van der Waals surface area contributed by atoms with Crippen LogP contribution in [0.3, 0.4) is 0 Å². The summed E-state index contributed by atoms with van der Waals surface area (Å²) >= 11 is 0. The molecule has 0 amide bonds. The van der Waals surface area contributed by atoms with Gasteiger partial charge in [0.15, 0.2) is 6.10 Å². The first-order chi connectivity index (χ1) is 4.66. The molecular weight excluding hydrogens is 136 g/mol. The molecule has 1 fully saturated rings. The summed E-state index contributed by atoms with van der Waals surface area (Å²) < 4.78 is 4.60. The van der Waals surface area contributed by atoms with E-state index in [1.54, 1.807) is 6.92 Å². The molecule has 4 heteroatoms. The summed E-state index contributed by atoms with van der Waals surface area (Å²) in [7, 11) is 0. The summed E-state index contributed by atoms with van der Waals surface area (Å²) in [5.41, 5.74) is 0. The summed E-state index contributed by atoms with van der Waals surface area (Å²) in [5.74, 6) is -0.941. The van der Waals surface area contributed by atoms with Crippen molar-refractivity contribution in [1.29, 1.82) is 0 Å². The smallest absolute Gasteiger partial charge is 0.311 e. The third-order valence-electron chi connectivity index (χ3n) is 1.71. The number of aliphatic hydroxyl groups excluding tert-OH is 2. The molecule has 0 bridgehead atoms. The fourth-order valence-electron chi connectivity index (χ4n) is 0.933. The van der Waals surface area contributed by atoms with Crippen LogP contribution in [0.1, 0.15) is 6.92 Å². The Bertz CT molecular complexity index is 145. The minimum Gasteiger partial charge on any atom is -0.457 e. The zero-order valence-corrected chi connectivity index (χ0v) is 5.65. The molecule has 0 spiro atoms. The van der Waals surface area contributed by atoms with Crippen LogP contribution in [-0.2, 0) is 9.53 Å². The Balaban J connectivity index is 2.61. The third-order valence-corrected chi connectivity index (χ3v) is 1.71. The number of carbonyl (C=O) groups excluding carboxylic acids is 1. The summed E-state index contributed by atoms with van der Waals surface area (Å²) in [5, 5.41) is 17.7. The van der Waals surface area contributed by atoms with Crippen LogP contribution in [0.2, 0.25) is 0 Å². The van der Waals surface area contributed by atoms with Gasteiger partial charge in [0.2, 0.25) is 0 Å². The van der Waals surface area contributed by atoms with Gasteiger partial charge in [0.1, 0.15) is 6.10 Å². The lowest BCUT2D eigenvalue weighted by Crippen LogP contribution is -2.27. The van der Waals surface area contributed by atoms with Crippen molar-refractivity contribution in [3.8, 4) is 0 Å². The Labute approximate surface area is 58.4 Å². The van der Waals surface area contributed by atoms with Gasteiger partial charge in [-0.3, -0.25) is 4.79 Å². The SMILES string of the molecule is C[C@H]1C(=O)OC(CO)C1O. The average Bonchev–Trinajstić information content (AvgIpc) is 2.17. The first-order valence-electron chi connectivity index (χ1n) is 3.16. The molecule has 3 atom stereocenters. The second-order valence-electron chi connectivity index (χ2n) is 2.44. The van der Waals surface area contributed by atoms with Crippen LogP contribution >= 0.6 is 0 Å². The quantitative estimate of drug-likeness (QED) is 0.461. The number of carbonyl (C=O) groups is 1. The minimum atomic E-state index is -0.850. The first-order valence-corrected chi connectivity index (χ1v) is 3.16. The average molecular weight is 146 g/mol. The third kappa shape index (κ3) is 0.998. The summed E-state index contributed by atoms with van der Waals surface area (Å²) in [4.78, 5) is 10.7. The monoisotopic (exact) mass is 146 g/mol. The molecule has 0 radical (unpaired) electrons. The van der Waals surface area contributed by atoms with Gasteiger partial charge < -0.3 is 14.9 Å². The molecule has 4 nitrogen and oxygen atoms in total. The summed E-state index contributed by atoms with van der Waals surface area (Å²) in [6.07, 6.45) is -1.57. The zero-order valence-electron chi connectivity index (χ0n) is 5.65. The highest BCUT2D eigenvalue weighted by Crippen LogP contribution is 2.20. The Morgan fingerprint density at radius 1 is 1.70 bits per heavy atom. The Kier molecular flexibility index (Phi) is 1.92. The van der Waals surface area contributed by atoms with Crippen molar-refractivity contribution in [2.24, 2.45) is 5.92 Å². The molecule has 58 valence electrons. The highest BCUT2D eigenvalue weighted by atomic mass is 16.6. The van der Waals surface area contributed by atoms with Gasteiger partial charge >= 0.3 is 5.97 Å². The lowest BCUT2D eigenvalue weighted by Gasteiger charge is -2.09. The molecule has 1 rings (SSSR count). The van der Waals surface area contributed by atoms with E-state index >= 15 is 0 Å². The van der Waals surface area contributed by atoms with Gasteiger partial charge in [0.05, 0.1) is 12.5 Å². The van der Waals surface area contributed by atoms with E-state index in [1.165, 1.54) is 0 Å². The number of hydrogen-bond acceptors (Lipinski definition) is 4. The predicted molar refractivity (Wildman–Crippen MR) is 32.1 cm³/mol. The van der Waals surface area contributed by atoms with Crippen LogP contribution < -0.4 is 0 Å². The second kappa shape index (κ2) is 2.56. The van der Waals surface area contributed by atoms with Gasteiger partial charge in [-0.25, -0.2) is 0 Å². The molecule has 2 unspecified atom stereocenters. The second-order valence-corrected chi connectivity index (χ2v) is 2.44. The number of ether oxygens (including phenoxy) is 1. The first kappa shape index (κ1) is 7.50. The molecule has 1 heterocycles. The van der Waals surface area contributed by atoms with Crippen molar-refractivity contribution in [2.75, 3.05) is 6.61 Å². The van der Waals surface area contributed by atoms with Crippen LogP contribution in [0.25, 0.3) is 0 Å². The number of aliphatic hydroxyl groups is 2. The molecule has 0 aromatic rings. The number of hydrogen-bond donors (Lipinski definition) is 2. The van der Waals surface area contributed by atoms with Gasteiger partial charge in [-0.05, 0) is 6.92 Å². The molecule has 1 aliphatic rings. The van der Waals surface area contributed by atoms with Crippen LogP contribution in [0.15, 0.2) is 0 Å². The van der Waals surface area contributed by atoms with E-state index < -0.39 is 24.1 Å². The largest absolute Gasteiger partial charge is 0.457 e. The molecule has 2 N–H and O–H groups in total. The van der Waals surface area contributed by atoms with Gasteiger partial charge in [-0.15, -0.1) is 0 Å². The van der Waals surface area contributed by atoms with Crippen molar-refractivity contribution < 1.29 is 19.7 Å². The highest BCUT2D eigenvalue weighted by Gasteiger charge is 2.39. The molecule has 0 aliphatic carbocycles. The highest BCUT2D eigenvalue weighted by molar-refractivity contribution is 5.75. The Morgan fingerprint density at radius 3 is 2.50 bits per heavy atom. The number of esters is 1. The lowest BCUT2D eigenvalue weighted by atomic mass is 10.0. The minimum absolute atomic E-state index is 0.308. The molecule has 0 aromatic carbocycles. The lowest BCUT2D eigenvalue weighted by molar-refractivity contribution is -0.145. The molecule has 10 heavy (non-hydrogen) atoms. The van der Waals surface area contributed by atoms with Crippen molar-refractivity contribution in [3.05, 3.63) is 0 Å². The van der Waals surface area contributed by atoms with Crippen molar-refractivity contribution in [2.45, 2.75) is 19.1 Å². The van der Waals surface area contributed by atoms with E-state index in [-0.39, 0.29) is 6.61 Å². The van der Waals surface area contributed by atoms with E-state index in [1.807, 2.05) is 0 Å². The normalized spacial score (nSPS) is 39.9. The molecular formula is C6H10O4. The molecule has 1 saturated heterocycles. The van der Waals surface area contributed by atoms with Crippen LogP contribution in [0.4, 0.5) is 0 Å². The van der Waals surface area contributed by atoms with E-state index in [4.69, 9.17) is 10.2 Å². The van der Waals surface area contributed by atoms with Gasteiger partial charge in [-0.1, -0.05) is 0 Å². The molecule has 1 aliphatic heterocycles. The topological polar surface area (TPSA) is 66.8 Å². The standard InChI is InChI=1S/C6H10O4/c1-3-5(8)4(2-7)10-6(3)9/h3-5,7-8H,2H2,1H3/t3-,4?,5?/m1/s1. The van der Waals surface area contributed by atoms with E-state index in [9.17, 15) is 4.79 Å². The molecule has 0 aromatic heterocycles. The zero-order chi connectivity index (χ0) is 7.72. The number of rotatable bonds is 1. The van der Waals surface area contributed by atoms with Crippen molar-refractivity contribution >= 4 is 5.97 Å². The van der Waals surface area contributed by atoms with Crippen molar-refractivity contribution in [1.82, 2.24) is 0 Å². The fourth-order valence-corrected chi connectivity index (χ4v) is 0.933. The van der Waals surface area contributed by atoms with Crippen LogP contribution in [0, 0.1) is 5.92 Å². The maximum atomic E-state index is 10.7. The Morgan fingerprint density at radius 2 is 2.30 bits per heavy atom. The van der Waals surface area contributed by atoms with Gasteiger partial charge in [0, 0.05) is 0 Å². The Hall–Kier alpha value is -0.610. The summed E-state index contributed by atoms with van der Waals surface area (Å²) in [6, 6.07) is 0. The molecule has 0 saturated carbocycles. The van der Waals surface area contributed by atoms with Gasteiger partial charge in [-0.2, -0.15) is 0 Å². The fraction of sp³-hybridized carbons (Fsp3) is 0.833. The predicted octanol–water partition coefficient (Wildman–Crippen LogP) is -1.10. The van der Waals surface area contributed by atoms with Crippen LogP contribution in [-0.4, -0.2) is 35.0 Å². The number of cyclic esters (lactones) is 1. The van der Waals surface area contributed by atoms with Crippen LogP contribution in [0.5, 0.6) is 0 Å². The maximum Gasteiger partial charge on any atom is 0.311 e. The summed E-state index contributed by atoms with van der Waals surface area (Å²) in [6.45, 7) is 1.26. The van der Waals surface area contributed by atoms with E-state index in [0.717, 1.165) is 0 Å². The maximum absolute atomic E-state index is 10.7.